The van der Waals surface area contributed by atoms with E-state index in [1.54, 1.807) is 18.2 Å². The first kappa shape index (κ1) is 13.7. The highest BCUT2D eigenvalue weighted by Crippen LogP contribution is 2.22. The maximum atomic E-state index is 13.4. The van der Waals surface area contributed by atoms with E-state index in [4.69, 9.17) is 5.73 Å². The first-order chi connectivity index (χ1) is 9.09. The Morgan fingerprint density at radius 2 is 1.68 bits per heavy atom. The molecule has 0 saturated carbocycles. The standard InChI is InChI=1S/C15H13BrFNO/c16-14-11(5-3-7-13(14)17)9-8-10-4-1-2-6-12(10)15(18)19/h1-7H,8-9H2,(H2,18,19). The maximum absolute atomic E-state index is 13.4. The second-order valence-electron chi connectivity index (χ2n) is 4.23. The molecule has 0 radical (unpaired) electrons. The Labute approximate surface area is 119 Å². The van der Waals surface area contributed by atoms with Gasteiger partial charge in [-0.3, -0.25) is 4.79 Å². The van der Waals surface area contributed by atoms with E-state index >= 15 is 0 Å². The minimum Gasteiger partial charge on any atom is -0.366 e. The van der Waals surface area contributed by atoms with Crippen LogP contribution in [0.4, 0.5) is 4.39 Å². The molecular weight excluding hydrogens is 309 g/mol. The number of carbonyl (C=O) groups is 1. The van der Waals surface area contributed by atoms with E-state index in [0.717, 1.165) is 11.1 Å². The van der Waals surface area contributed by atoms with Crippen molar-refractivity contribution in [3.05, 3.63) is 69.4 Å². The minimum absolute atomic E-state index is 0.277. The van der Waals surface area contributed by atoms with Crippen molar-refractivity contribution in [2.24, 2.45) is 5.73 Å². The van der Waals surface area contributed by atoms with Gasteiger partial charge in [0.05, 0.1) is 4.47 Å². The topological polar surface area (TPSA) is 43.1 Å². The minimum atomic E-state index is -0.436. The number of aryl methyl sites for hydroxylation is 2. The molecule has 98 valence electrons. The molecule has 0 aliphatic rings. The highest BCUT2D eigenvalue weighted by molar-refractivity contribution is 9.10. The molecule has 2 nitrogen and oxygen atoms in total. The monoisotopic (exact) mass is 321 g/mol. The summed E-state index contributed by atoms with van der Waals surface area (Å²) in [6, 6.07) is 12.2. The lowest BCUT2D eigenvalue weighted by atomic mass is 9.99. The van der Waals surface area contributed by atoms with Crippen molar-refractivity contribution in [2.45, 2.75) is 12.8 Å². The molecule has 0 heterocycles. The van der Waals surface area contributed by atoms with Crippen molar-refractivity contribution < 1.29 is 9.18 Å². The van der Waals surface area contributed by atoms with Gasteiger partial charge in [-0.25, -0.2) is 4.39 Å². The van der Waals surface area contributed by atoms with Crippen LogP contribution in [0, 0.1) is 5.82 Å². The van der Waals surface area contributed by atoms with Crippen molar-refractivity contribution >= 4 is 21.8 Å². The molecule has 19 heavy (non-hydrogen) atoms. The van der Waals surface area contributed by atoms with Crippen LogP contribution in [-0.2, 0) is 12.8 Å². The SMILES string of the molecule is NC(=O)c1ccccc1CCc1cccc(F)c1Br. The summed E-state index contributed by atoms with van der Waals surface area (Å²) < 4.78 is 13.9. The van der Waals surface area contributed by atoms with Crippen LogP contribution in [0.2, 0.25) is 0 Å². The molecule has 0 atom stereocenters. The molecule has 2 aromatic rings. The zero-order valence-electron chi connectivity index (χ0n) is 10.2. The summed E-state index contributed by atoms with van der Waals surface area (Å²) in [4.78, 5) is 11.3. The van der Waals surface area contributed by atoms with Gasteiger partial charge in [-0.2, -0.15) is 0 Å². The molecule has 0 aliphatic carbocycles. The van der Waals surface area contributed by atoms with Crippen LogP contribution in [0.3, 0.4) is 0 Å². The van der Waals surface area contributed by atoms with Gasteiger partial charge < -0.3 is 5.73 Å². The number of primary amides is 1. The van der Waals surface area contributed by atoms with E-state index < -0.39 is 5.91 Å². The summed E-state index contributed by atoms with van der Waals surface area (Å²) in [6.45, 7) is 0. The van der Waals surface area contributed by atoms with Crippen LogP contribution >= 0.6 is 15.9 Å². The number of hydrogen-bond acceptors (Lipinski definition) is 1. The predicted molar refractivity (Wildman–Crippen MR) is 76.5 cm³/mol. The summed E-state index contributed by atoms with van der Waals surface area (Å²) in [7, 11) is 0. The van der Waals surface area contributed by atoms with Crippen molar-refractivity contribution in [2.75, 3.05) is 0 Å². The Morgan fingerprint density at radius 3 is 2.42 bits per heavy atom. The van der Waals surface area contributed by atoms with Gasteiger partial charge in [-0.15, -0.1) is 0 Å². The lowest BCUT2D eigenvalue weighted by Gasteiger charge is -2.08. The molecule has 0 aliphatic heterocycles. The summed E-state index contributed by atoms with van der Waals surface area (Å²) in [6.07, 6.45) is 1.28. The third kappa shape index (κ3) is 3.20. The lowest BCUT2D eigenvalue weighted by molar-refractivity contribution is 0.0999. The fourth-order valence-corrected chi connectivity index (χ4v) is 2.45. The van der Waals surface area contributed by atoms with Gasteiger partial charge >= 0.3 is 0 Å². The molecule has 0 unspecified atom stereocenters. The van der Waals surface area contributed by atoms with Crippen LogP contribution < -0.4 is 5.73 Å². The van der Waals surface area contributed by atoms with Crippen LogP contribution in [0.25, 0.3) is 0 Å². The number of benzene rings is 2. The third-order valence-corrected chi connectivity index (χ3v) is 3.87. The van der Waals surface area contributed by atoms with E-state index in [-0.39, 0.29) is 5.82 Å². The lowest BCUT2D eigenvalue weighted by Crippen LogP contribution is -2.14. The molecule has 2 aromatic carbocycles. The largest absolute Gasteiger partial charge is 0.366 e. The van der Waals surface area contributed by atoms with Gasteiger partial charge in [-0.1, -0.05) is 30.3 Å². The van der Waals surface area contributed by atoms with Crippen molar-refractivity contribution in [3.8, 4) is 0 Å². The molecule has 0 spiro atoms. The summed E-state index contributed by atoms with van der Waals surface area (Å²) >= 11 is 3.23. The molecule has 4 heteroatoms. The van der Waals surface area contributed by atoms with Gasteiger partial charge in [0.15, 0.2) is 0 Å². The van der Waals surface area contributed by atoms with Crippen LogP contribution in [0.5, 0.6) is 0 Å². The van der Waals surface area contributed by atoms with Gasteiger partial charge in [0, 0.05) is 5.56 Å². The van der Waals surface area contributed by atoms with Gasteiger partial charge in [0.1, 0.15) is 5.82 Å². The van der Waals surface area contributed by atoms with Gasteiger partial charge in [0.25, 0.3) is 0 Å². The van der Waals surface area contributed by atoms with Crippen molar-refractivity contribution in [1.82, 2.24) is 0 Å². The summed E-state index contributed by atoms with van der Waals surface area (Å²) in [5.74, 6) is -0.713. The Morgan fingerprint density at radius 1 is 1.05 bits per heavy atom. The number of amides is 1. The molecular formula is C15H13BrFNO. The van der Waals surface area contributed by atoms with Crippen LogP contribution in [0.15, 0.2) is 46.9 Å². The first-order valence-electron chi connectivity index (χ1n) is 5.90. The number of rotatable bonds is 4. The fraction of sp³-hybridized carbons (Fsp3) is 0.133. The summed E-state index contributed by atoms with van der Waals surface area (Å²) in [5.41, 5.74) is 7.61. The molecule has 0 saturated heterocycles. The zero-order valence-corrected chi connectivity index (χ0v) is 11.8. The Hall–Kier alpha value is -1.68. The molecule has 2 rings (SSSR count). The smallest absolute Gasteiger partial charge is 0.248 e. The summed E-state index contributed by atoms with van der Waals surface area (Å²) in [5, 5.41) is 0. The van der Waals surface area contributed by atoms with Crippen LogP contribution in [-0.4, -0.2) is 5.91 Å². The highest BCUT2D eigenvalue weighted by atomic mass is 79.9. The van der Waals surface area contributed by atoms with E-state index in [1.165, 1.54) is 6.07 Å². The molecule has 1 amide bonds. The molecule has 0 bridgehead atoms. The number of hydrogen-bond donors (Lipinski definition) is 1. The molecule has 0 aromatic heterocycles. The van der Waals surface area contributed by atoms with E-state index in [2.05, 4.69) is 15.9 Å². The maximum Gasteiger partial charge on any atom is 0.248 e. The Balaban J connectivity index is 2.19. The Kier molecular flexibility index (Phi) is 4.32. The fourth-order valence-electron chi connectivity index (χ4n) is 1.99. The number of carbonyl (C=O) groups excluding carboxylic acids is 1. The van der Waals surface area contributed by atoms with E-state index in [0.29, 0.717) is 22.9 Å². The second-order valence-corrected chi connectivity index (χ2v) is 5.03. The van der Waals surface area contributed by atoms with Crippen molar-refractivity contribution in [1.29, 1.82) is 0 Å². The average molecular weight is 322 g/mol. The highest BCUT2D eigenvalue weighted by Gasteiger charge is 2.09. The third-order valence-electron chi connectivity index (χ3n) is 2.98. The second kappa shape index (κ2) is 5.97. The molecule has 2 N–H and O–H groups in total. The quantitative estimate of drug-likeness (QED) is 0.920. The van der Waals surface area contributed by atoms with E-state index in [1.807, 2.05) is 18.2 Å². The normalized spacial score (nSPS) is 10.4. The van der Waals surface area contributed by atoms with Crippen LogP contribution in [0.1, 0.15) is 21.5 Å². The van der Waals surface area contributed by atoms with Gasteiger partial charge in [0.2, 0.25) is 5.91 Å². The first-order valence-corrected chi connectivity index (χ1v) is 6.69. The zero-order chi connectivity index (χ0) is 13.8. The van der Waals surface area contributed by atoms with Gasteiger partial charge in [-0.05, 0) is 52.0 Å². The predicted octanol–water partition coefficient (Wildman–Crippen LogP) is 3.47. The molecule has 0 fully saturated rings. The number of halogens is 2. The van der Waals surface area contributed by atoms with E-state index in [9.17, 15) is 9.18 Å². The average Bonchev–Trinajstić information content (AvgIpc) is 2.40. The van der Waals surface area contributed by atoms with Crippen molar-refractivity contribution in [3.63, 3.8) is 0 Å². The Bertz CT molecular complexity index is 613. The number of nitrogens with two attached hydrogens (primary N) is 1.